The molecule has 0 aromatic carbocycles. The molecule has 7 heteroatoms. The van der Waals surface area contributed by atoms with Crippen LogP contribution in [0.5, 0.6) is 0 Å². The Kier molecular flexibility index (Phi) is 4.83. The Hall–Kier alpha value is 1.12. The third-order valence-corrected chi connectivity index (χ3v) is 2.11. The van der Waals surface area contributed by atoms with Gasteiger partial charge in [-0.05, 0) is 11.7 Å². The predicted molar refractivity (Wildman–Crippen MR) is 35.6 cm³/mol. The van der Waals surface area contributed by atoms with Gasteiger partial charge in [-0.25, -0.2) is 0 Å². The molecule has 1 nitrogen and oxygen atoms in total. The Balaban J connectivity index is 0.000001000. The van der Waals surface area contributed by atoms with Crippen LogP contribution in [0.2, 0.25) is 0 Å². The van der Waals surface area contributed by atoms with E-state index in [0.29, 0.717) is 11.3 Å². The summed E-state index contributed by atoms with van der Waals surface area (Å²) >= 11 is 0.648. The molecule has 11 heavy (non-hydrogen) atoms. The molecule has 1 heterocycles. The maximum Gasteiger partial charge on any atom is 1.00 e. The van der Waals surface area contributed by atoms with Gasteiger partial charge in [-0.15, -0.1) is 0 Å². The first-order chi connectivity index (χ1) is 4.52. The van der Waals surface area contributed by atoms with E-state index in [1.165, 1.54) is 12.4 Å². The number of halogens is 3. The van der Waals surface area contributed by atoms with Crippen molar-refractivity contribution in [3.8, 4) is 0 Å². The summed E-state index contributed by atoms with van der Waals surface area (Å²) in [4.78, 5) is 3.50. The Morgan fingerprint density at radius 3 is 2.18 bits per heavy atom. The van der Waals surface area contributed by atoms with E-state index < -0.39 is 11.8 Å². The van der Waals surface area contributed by atoms with E-state index in [0.717, 1.165) is 0 Å². The van der Waals surface area contributed by atoms with Crippen LogP contribution >= 0.6 is 11.3 Å². The summed E-state index contributed by atoms with van der Waals surface area (Å²) in [6, 6.07) is 0. The van der Waals surface area contributed by atoms with Crippen LogP contribution in [0.4, 0.5) is 12.9 Å². The first-order valence-corrected chi connectivity index (χ1v) is 3.49. The maximum atomic E-state index is 11.9. The predicted octanol–water partition coefficient (Wildman–Crippen LogP) is -1.49. The minimum Gasteiger partial charge on any atom is -0.444 e. The average molecular weight is 205 g/mol. The number of rotatable bonds is 1. The van der Waals surface area contributed by atoms with E-state index in [9.17, 15) is 12.9 Å². The SMILES string of the molecule is Cc1ncsc1[B-](F)(F)F.[K+]. The molecule has 0 fully saturated rings. The zero-order chi connectivity index (χ0) is 7.78. The van der Waals surface area contributed by atoms with E-state index in [4.69, 9.17) is 0 Å². The molecule has 0 saturated carbocycles. The van der Waals surface area contributed by atoms with Crippen molar-refractivity contribution in [1.82, 2.24) is 4.98 Å². The van der Waals surface area contributed by atoms with Crippen molar-refractivity contribution in [1.29, 1.82) is 0 Å². The molecule has 0 N–H and O–H groups in total. The van der Waals surface area contributed by atoms with Gasteiger partial charge < -0.3 is 12.9 Å². The monoisotopic (exact) mass is 205 g/mol. The first kappa shape index (κ1) is 12.1. The number of aryl methyl sites for hydroxylation is 1. The molecule has 0 aliphatic rings. The first-order valence-electron chi connectivity index (χ1n) is 2.61. The summed E-state index contributed by atoms with van der Waals surface area (Å²) in [6.45, 7) is -3.47. The van der Waals surface area contributed by atoms with Gasteiger partial charge in [0.15, 0.2) is 0 Å². The van der Waals surface area contributed by atoms with Gasteiger partial charge in [-0.2, -0.15) is 11.3 Å². The van der Waals surface area contributed by atoms with Crippen molar-refractivity contribution in [2.24, 2.45) is 0 Å². The Morgan fingerprint density at radius 2 is 2.00 bits per heavy atom. The van der Waals surface area contributed by atoms with Crippen LogP contribution in [0.15, 0.2) is 5.51 Å². The molecule has 0 radical (unpaired) electrons. The van der Waals surface area contributed by atoms with Crippen molar-refractivity contribution in [2.75, 3.05) is 0 Å². The molecule has 0 amide bonds. The van der Waals surface area contributed by atoms with E-state index in [-0.39, 0.29) is 57.1 Å². The number of aromatic nitrogens is 1. The molecule has 0 aliphatic heterocycles. The van der Waals surface area contributed by atoms with Gasteiger partial charge >= 0.3 is 58.4 Å². The van der Waals surface area contributed by atoms with Crippen molar-refractivity contribution in [3.63, 3.8) is 0 Å². The second kappa shape index (κ2) is 4.38. The zero-order valence-electron chi connectivity index (χ0n) is 6.14. The van der Waals surface area contributed by atoms with Crippen LogP contribution in [-0.2, 0) is 0 Å². The van der Waals surface area contributed by atoms with Gasteiger partial charge in [0, 0.05) is 5.69 Å². The average Bonchev–Trinajstić information content (AvgIpc) is 2.11. The van der Waals surface area contributed by atoms with E-state index in [2.05, 4.69) is 4.98 Å². The molecule has 0 unspecified atom stereocenters. The van der Waals surface area contributed by atoms with Crippen molar-refractivity contribution < 1.29 is 64.3 Å². The summed E-state index contributed by atoms with van der Waals surface area (Å²) in [5, 5.41) is 0. The minimum absolute atomic E-state index is 0. The van der Waals surface area contributed by atoms with Gasteiger partial charge in [-0.3, -0.25) is 4.98 Å². The van der Waals surface area contributed by atoms with Crippen LogP contribution in [0, 0.1) is 6.92 Å². The van der Waals surface area contributed by atoms with Gasteiger partial charge in [-0.1, -0.05) is 0 Å². The van der Waals surface area contributed by atoms with Crippen LogP contribution < -0.4 is 56.2 Å². The molecule has 0 bridgehead atoms. The molecule has 1 rings (SSSR count). The fourth-order valence-corrected chi connectivity index (χ4v) is 1.33. The molecular weight excluding hydrogens is 201 g/mol. The standard InChI is InChI=1S/C4H4BF3NS.K/c1-3-4(5(6,7)8)10-2-9-3;/h2H,1H3;/q-1;+1. The molecule has 0 atom stereocenters. The third-order valence-electron chi connectivity index (χ3n) is 1.08. The topological polar surface area (TPSA) is 12.9 Å². The quantitative estimate of drug-likeness (QED) is 0.509. The van der Waals surface area contributed by atoms with Gasteiger partial charge in [0.25, 0.3) is 0 Å². The second-order valence-corrected chi connectivity index (χ2v) is 2.76. The molecule has 0 spiro atoms. The van der Waals surface area contributed by atoms with Crippen LogP contribution in [0.1, 0.15) is 5.69 Å². The fourth-order valence-electron chi connectivity index (χ4n) is 0.625. The Labute approximate surface area is 109 Å². The Bertz CT molecular complexity index is 235. The summed E-state index contributed by atoms with van der Waals surface area (Å²) in [7, 11) is 0. The summed E-state index contributed by atoms with van der Waals surface area (Å²) in [5.41, 5.74) is 1.29. The minimum atomic E-state index is -4.83. The smallest absolute Gasteiger partial charge is 0.444 e. The van der Waals surface area contributed by atoms with Gasteiger partial charge in [0.05, 0.1) is 5.51 Å². The van der Waals surface area contributed by atoms with Gasteiger partial charge in [0.2, 0.25) is 0 Å². The summed E-state index contributed by atoms with van der Waals surface area (Å²) in [6.07, 6.45) is 0. The van der Waals surface area contributed by atoms with Crippen molar-refractivity contribution in [2.45, 2.75) is 6.92 Å². The molecule has 0 aliphatic carbocycles. The maximum absolute atomic E-state index is 11.9. The second-order valence-electron chi connectivity index (χ2n) is 1.88. The molecular formula is C4H4BF3KNS. The zero-order valence-corrected chi connectivity index (χ0v) is 10.1. The van der Waals surface area contributed by atoms with Crippen LogP contribution in [0.3, 0.4) is 0 Å². The number of nitrogens with zero attached hydrogens (tertiary/aromatic N) is 1. The fraction of sp³-hybridized carbons (Fsp3) is 0.250. The molecule has 56 valence electrons. The van der Waals surface area contributed by atoms with Crippen molar-refractivity contribution in [3.05, 3.63) is 11.2 Å². The normalized spacial score (nSPS) is 10.9. The number of hydrogen-bond donors (Lipinski definition) is 0. The van der Waals surface area contributed by atoms with E-state index >= 15 is 0 Å². The third kappa shape index (κ3) is 3.16. The van der Waals surface area contributed by atoms with E-state index in [1.54, 1.807) is 0 Å². The largest absolute Gasteiger partial charge is 1.00 e. The van der Waals surface area contributed by atoms with Gasteiger partial charge in [0.1, 0.15) is 0 Å². The van der Waals surface area contributed by atoms with Crippen LogP contribution in [-0.4, -0.2) is 12.0 Å². The number of hydrogen-bond acceptors (Lipinski definition) is 2. The van der Waals surface area contributed by atoms with E-state index in [1.807, 2.05) is 0 Å². The van der Waals surface area contributed by atoms with Crippen LogP contribution in [0.25, 0.3) is 0 Å². The number of thiazole rings is 1. The summed E-state index contributed by atoms with van der Waals surface area (Å²) < 4.78 is 35.2. The molecule has 0 saturated heterocycles. The summed E-state index contributed by atoms with van der Waals surface area (Å²) in [5.74, 6) is 0. The van der Waals surface area contributed by atoms with Crippen molar-refractivity contribution >= 4 is 23.1 Å². The Morgan fingerprint density at radius 1 is 1.45 bits per heavy atom. The molecule has 1 aromatic heterocycles. The molecule has 1 aromatic rings.